The molecule has 4 aromatic rings. The number of aliphatic hydroxyl groups is 1. The normalized spacial score (nSPS) is 15.4. The van der Waals surface area contributed by atoms with Gasteiger partial charge in [0.25, 0.3) is 5.91 Å². The summed E-state index contributed by atoms with van der Waals surface area (Å²) < 4.78 is 10.9. The van der Waals surface area contributed by atoms with E-state index in [0.29, 0.717) is 40.8 Å². The Balaban J connectivity index is 1.56. The lowest BCUT2D eigenvalue weighted by atomic mass is 9.94. The topological polar surface area (TPSA) is 117 Å². The van der Waals surface area contributed by atoms with Gasteiger partial charge in [-0.15, -0.1) is 0 Å². The van der Waals surface area contributed by atoms with E-state index in [1.54, 1.807) is 48.5 Å². The van der Waals surface area contributed by atoms with Gasteiger partial charge in [-0.3, -0.25) is 14.5 Å². The van der Waals surface area contributed by atoms with Crippen LogP contribution in [0, 0.1) is 0 Å². The van der Waals surface area contributed by atoms with Gasteiger partial charge < -0.3 is 19.4 Å². The van der Waals surface area contributed by atoms with Gasteiger partial charge in [-0.2, -0.15) is 0 Å². The first-order chi connectivity index (χ1) is 17.9. The summed E-state index contributed by atoms with van der Waals surface area (Å²) in [7, 11) is 0. The molecular weight excluding hydrogens is 474 g/mol. The number of Topliss-reactive ketones (excluding diaryl/α,β-unsaturated/α-hetero) is 1. The van der Waals surface area contributed by atoms with Crippen LogP contribution < -0.4 is 4.90 Å². The molecule has 1 unspecified atom stereocenters. The number of para-hydroxylation sites is 1. The van der Waals surface area contributed by atoms with Gasteiger partial charge in [-0.25, -0.2) is 4.79 Å². The maximum absolute atomic E-state index is 13.6. The summed E-state index contributed by atoms with van der Waals surface area (Å²) in [5.41, 5.74) is 1.50. The third kappa shape index (κ3) is 4.33. The van der Waals surface area contributed by atoms with Gasteiger partial charge in [0.2, 0.25) is 5.78 Å². The number of ether oxygens (including phenoxy) is 1. The van der Waals surface area contributed by atoms with Crippen molar-refractivity contribution in [2.24, 2.45) is 0 Å². The van der Waals surface area contributed by atoms with Crippen molar-refractivity contribution in [2.75, 3.05) is 11.5 Å². The standard InChI is InChI=1S/C29H23NO7/c1-2-15-36-29(35)18-7-11-20(12-8-18)30-25(17-9-13-21(31)14-10-17)24(27(33)28(30)34)26(32)23-16-19-5-3-4-6-22(19)37-23/h3-14,16,25,31,33H,2,15H2,1H3. The van der Waals surface area contributed by atoms with Crippen LogP contribution in [0.5, 0.6) is 5.75 Å². The Morgan fingerprint density at radius 3 is 2.35 bits per heavy atom. The zero-order chi connectivity index (χ0) is 26.1. The van der Waals surface area contributed by atoms with Gasteiger partial charge in [0.05, 0.1) is 23.8 Å². The first kappa shape index (κ1) is 23.9. The lowest BCUT2D eigenvalue weighted by Crippen LogP contribution is -2.31. The number of aromatic hydroxyl groups is 1. The Bertz CT molecular complexity index is 1500. The van der Waals surface area contributed by atoms with Crippen molar-refractivity contribution in [3.8, 4) is 5.75 Å². The predicted octanol–water partition coefficient (Wildman–Crippen LogP) is 5.49. The molecular formula is C29H23NO7. The molecule has 1 aliphatic rings. The molecule has 1 amide bonds. The lowest BCUT2D eigenvalue weighted by Gasteiger charge is -2.27. The van der Waals surface area contributed by atoms with Crippen molar-refractivity contribution in [1.82, 2.24) is 0 Å². The number of ketones is 1. The molecule has 0 spiro atoms. The van der Waals surface area contributed by atoms with Crippen LogP contribution in [-0.2, 0) is 9.53 Å². The highest BCUT2D eigenvalue weighted by Crippen LogP contribution is 2.42. The highest BCUT2D eigenvalue weighted by atomic mass is 16.5. The fourth-order valence-electron chi connectivity index (χ4n) is 4.34. The van der Waals surface area contributed by atoms with Gasteiger partial charge in [-0.1, -0.05) is 37.3 Å². The van der Waals surface area contributed by atoms with Crippen LogP contribution in [0.25, 0.3) is 11.0 Å². The van der Waals surface area contributed by atoms with Crippen molar-refractivity contribution in [3.05, 3.63) is 107 Å². The van der Waals surface area contributed by atoms with Gasteiger partial charge in [0, 0.05) is 11.1 Å². The van der Waals surface area contributed by atoms with E-state index in [1.165, 1.54) is 29.2 Å². The number of furan rings is 1. The Morgan fingerprint density at radius 1 is 0.973 bits per heavy atom. The van der Waals surface area contributed by atoms with Gasteiger partial charge in [-0.05, 0) is 60.5 Å². The number of anilines is 1. The minimum atomic E-state index is -1.01. The van der Waals surface area contributed by atoms with E-state index in [4.69, 9.17) is 9.15 Å². The highest BCUT2D eigenvalue weighted by molar-refractivity contribution is 6.20. The zero-order valence-electron chi connectivity index (χ0n) is 19.9. The molecule has 8 nitrogen and oxygen atoms in total. The molecule has 8 heteroatoms. The van der Waals surface area contributed by atoms with E-state index >= 15 is 0 Å². The van der Waals surface area contributed by atoms with Gasteiger partial charge in [0.15, 0.2) is 11.5 Å². The van der Waals surface area contributed by atoms with E-state index < -0.39 is 29.5 Å². The second-order valence-corrected chi connectivity index (χ2v) is 8.59. The molecule has 0 aliphatic carbocycles. The van der Waals surface area contributed by atoms with Crippen LogP contribution in [0.2, 0.25) is 0 Å². The zero-order valence-corrected chi connectivity index (χ0v) is 19.9. The van der Waals surface area contributed by atoms with Crippen LogP contribution in [0.1, 0.15) is 45.9 Å². The summed E-state index contributed by atoms with van der Waals surface area (Å²) in [6.07, 6.45) is 0.688. The second-order valence-electron chi connectivity index (χ2n) is 8.59. The van der Waals surface area contributed by atoms with Crippen LogP contribution >= 0.6 is 0 Å². The lowest BCUT2D eigenvalue weighted by molar-refractivity contribution is -0.117. The van der Waals surface area contributed by atoms with E-state index in [9.17, 15) is 24.6 Å². The minimum absolute atomic E-state index is 0.00734. The van der Waals surface area contributed by atoms with Crippen molar-refractivity contribution >= 4 is 34.3 Å². The number of aliphatic hydroxyl groups excluding tert-OH is 1. The van der Waals surface area contributed by atoms with E-state index in [-0.39, 0.29) is 17.1 Å². The smallest absolute Gasteiger partial charge is 0.338 e. The molecule has 0 bridgehead atoms. The molecule has 3 aromatic carbocycles. The summed E-state index contributed by atoms with van der Waals surface area (Å²) in [5, 5.41) is 21.4. The maximum atomic E-state index is 13.6. The number of carbonyl (C=O) groups excluding carboxylic acids is 3. The van der Waals surface area contributed by atoms with E-state index in [2.05, 4.69) is 0 Å². The van der Waals surface area contributed by atoms with Crippen LogP contribution in [-0.4, -0.2) is 34.5 Å². The molecule has 186 valence electrons. The number of fused-ring (bicyclic) bond motifs is 1. The molecule has 0 fully saturated rings. The number of benzene rings is 3. The summed E-state index contributed by atoms with van der Waals surface area (Å²) in [6.45, 7) is 2.18. The fraction of sp³-hybridized carbons (Fsp3) is 0.138. The molecule has 5 rings (SSSR count). The number of phenols is 1. The SMILES string of the molecule is CCCOC(=O)c1ccc(N2C(=O)C(O)=C(C(=O)c3cc4ccccc4o3)C2c2ccc(O)cc2)cc1. The molecule has 1 aliphatic heterocycles. The van der Waals surface area contributed by atoms with Crippen LogP contribution in [0.4, 0.5) is 5.69 Å². The number of amides is 1. The maximum Gasteiger partial charge on any atom is 0.338 e. The highest BCUT2D eigenvalue weighted by Gasteiger charge is 2.45. The minimum Gasteiger partial charge on any atom is -0.508 e. The Labute approximate surface area is 212 Å². The quantitative estimate of drug-likeness (QED) is 0.256. The Kier molecular flexibility index (Phi) is 6.23. The van der Waals surface area contributed by atoms with Crippen molar-refractivity contribution in [1.29, 1.82) is 0 Å². The first-order valence-electron chi connectivity index (χ1n) is 11.7. The average molecular weight is 498 g/mol. The number of rotatable bonds is 7. The van der Waals surface area contributed by atoms with Gasteiger partial charge >= 0.3 is 5.97 Å². The van der Waals surface area contributed by atoms with E-state index in [0.717, 1.165) is 0 Å². The Hall–Kier alpha value is -4.85. The van der Waals surface area contributed by atoms with Crippen molar-refractivity contribution < 1.29 is 33.8 Å². The summed E-state index contributed by atoms with van der Waals surface area (Å²) in [5.74, 6) is -2.61. The fourth-order valence-corrected chi connectivity index (χ4v) is 4.34. The molecule has 2 N–H and O–H groups in total. The molecule has 2 heterocycles. The first-order valence-corrected chi connectivity index (χ1v) is 11.7. The largest absolute Gasteiger partial charge is 0.508 e. The summed E-state index contributed by atoms with van der Waals surface area (Å²) in [6, 6.07) is 19.8. The van der Waals surface area contributed by atoms with Crippen molar-refractivity contribution in [3.63, 3.8) is 0 Å². The third-order valence-corrected chi connectivity index (χ3v) is 6.13. The number of carbonyl (C=O) groups is 3. The molecule has 1 atom stereocenters. The van der Waals surface area contributed by atoms with Gasteiger partial charge in [0.1, 0.15) is 11.3 Å². The molecule has 37 heavy (non-hydrogen) atoms. The summed E-state index contributed by atoms with van der Waals surface area (Å²) in [4.78, 5) is 40.5. The average Bonchev–Trinajstić information content (AvgIpc) is 3.46. The second kappa shape index (κ2) is 9.66. The number of esters is 1. The number of hydrogen-bond donors (Lipinski definition) is 2. The number of hydrogen-bond acceptors (Lipinski definition) is 7. The van der Waals surface area contributed by atoms with Crippen molar-refractivity contribution in [2.45, 2.75) is 19.4 Å². The number of nitrogens with zero attached hydrogens (tertiary/aromatic N) is 1. The van der Waals surface area contributed by atoms with E-state index in [1.807, 2.05) is 13.0 Å². The predicted molar refractivity (Wildman–Crippen MR) is 136 cm³/mol. The monoisotopic (exact) mass is 497 g/mol. The Morgan fingerprint density at radius 2 is 1.68 bits per heavy atom. The molecule has 0 saturated heterocycles. The van der Waals surface area contributed by atoms with Crippen LogP contribution in [0.3, 0.4) is 0 Å². The molecule has 1 aromatic heterocycles. The number of phenolic OH excluding ortho intramolecular Hbond substituents is 1. The molecule has 0 saturated carbocycles. The molecule has 0 radical (unpaired) electrons. The van der Waals surface area contributed by atoms with Crippen LogP contribution in [0.15, 0.2) is 94.6 Å². The summed E-state index contributed by atoms with van der Waals surface area (Å²) >= 11 is 0. The third-order valence-electron chi connectivity index (χ3n) is 6.13.